The third kappa shape index (κ3) is 5.03. The molecule has 0 spiro atoms. The third-order valence-corrected chi connectivity index (χ3v) is 6.61. The Labute approximate surface area is 202 Å². The number of hydrogen-bond donors (Lipinski definition) is 3. The van der Waals surface area contributed by atoms with E-state index >= 15 is 0 Å². The van der Waals surface area contributed by atoms with Crippen molar-refractivity contribution in [3.05, 3.63) is 48.2 Å². The minimum absolute atomic E-state index is 0.109. The first-order valence-corrected chi connectivity index (χ1v) is 11.9. The van der Waals surface area contributed by atoms with Crippen molar-refractivity contribution in [3.8, 4) is 22.6 Å². The number of amides is 1. The van der Waals surface area contributed by atoms with E-state index in [1.54, 1.807) is 31.3 Å². The SMILES string of the molecule is CC1(C(N)=O)COC(c2nc(-c3ccc(F)cc3)c(-c3ccnc(NC4CCCCC4)n3)[nH]2)OC1. The highest BCUT2D eigenvalue weighted by Gasteiger charge is 2.39. The molecule has 4 N–H and O–H groups in total. The lowest BCUT2D eigenvalue weighted by atomic mass is 9.91. The molecule has 0 atom stereocenters. The number of carbonyl (C=O) groups excluding carboxylic acids is 1. The number of benzene rings is 1. The number of aromatic nitrogens is 4. The Morgan fingerprint density at radius 1 is 1.11 bits per heavy atom. The van der Waals surface area contributed by atoms with Crippen molar-refractivity contribution in [2.45, 2.75) is 51.4 Å². The van der Waals surface area contributed by atoms with Gasteiger partial charge in [0.1, 0.15) is 5.82 Å². The molecule has 0 radical (unpaired) electrons. The van der Waals surface area contributed by atoms with E-state index in [4.69, 9.17) is 25.2 Å². The molecule has 3 aromatic rings. The smallest absolute Gasteiger partial charge is 0.228 e. The van der Waals surface area contributed by atoms with Gasteiger partial charge in [-0.2, -0.15) is 0 Å². The highest BCUT2D eigenvalue weighted by atomic mass is 19.1. The summed E-state index contributed by atoms with van der Waals surface area (Å²) in [6, 6.07) is 8.24. The number of H-pyrrole nitrogens is 1. The fourth-order valence-electron chi connectivity index (χ4n) is 4.41. The van der Waals surface area contributed by atoms with Crippen molar-refractivity contribution in [2.75, 3.05) is 18.5 Å². The van der Waals surface area contributed by atoms with Gasteiger partial charge in [-0.05, 0) is 50.1 Å². The van der Waals surface area contributed by atoms with Crippen LogP contribution in [0.4, 0.5) is 10.3 Å². The minimum atomic E-state index is -0.905. The van der Waals surface area contributed by atoms with Gasteiger partial charge in [0.15, 0.2) is 5.82 Å². The van der Waals surface area contributed by atoms with E-state index in [1.807, 2.05) is 0 Å². The lowest BCUT2D eigenvalue weighted by Gasteiger charge is -2.34. The van der Waals surface area contributed by atoms with E-state index in [0.29, 0.717) is 40.5 Å². The standard InChI is InChI=1S/C25H29FN6O3/c1-25(23(27)33)13-34-22(35-14-25)21-31-19(15-7-9-16(26)10-8-15)20(32-21)18-11-12-28-24(30-18)29-17-5-3-2-4-6-17/h7-12,17,22H,2-6,13-14H2,1H3,(H2,27,33)(H,31,32)(H,28,29,30). The first-order chi connectivity index (χ1) is 16.9. The van der Waals surface area contributed by atoms with E-state index in [9.17, 15) is 9.18 Å². The Hall–Kier alpha value is -3.37. The summed E-state index contributed by atoms with van der Waals surface area (Å²) < 4.78 is 25.2. The third-order valence-electron chi connectivity index (χ3n) is 6.61. The van der Waals surface area contributed by atoms with Crippen LogP contribution in [-0.2, 0) is 14.3 Å². The summed E-state index contributed by atoms with van der Waals surface area (Å²) in [7, 11) is 0. The van der Waals surface area contributed by atoms with Gasteiger partial charge in [-0.25, -0.2) is 19.3 Å². The molecule has 2 aromatic heterocycles. The summed E-state index contributed by atoms with van der Waals surface area (Å²) >= 11 is 0. The molecule has 1 amide bonds. The van der Waals surface area contributed by atoms with Gasteiger partial charge < -0.3 is 25.5 Å². The second kappa shape index (κ2) is 9.71. The highest BCUT2D eigenvalue weighted by Crippen LogP contribution is 2.35. The average molecular weight is 481 g/mol. The lowest BCUT2D eigenvalue weighted by Crippen LogP contribution is -2.46. The normalized spacial score (nSPS) is 23.2. The van der Waals surface area contributed by atoms with Crippen LogP contribution in [0.5, 0.6) is 0 Å². The zero-order valence-electron chi connectivity index (χ0n) is 19.6. The van der Waals surface area contributed by atoms with Gasteiger partial charge in [0.25, 0.3) is 0 Å². The molecule has 0 bridgehead atoms. The number of nitrogens with one attached hydrogen (secondary N) is 2. The second-order valence-electron chi connectivity index (χ2n) is 9.48. The summed E-state index contributed by atoms with van der Waals surface area (Å²) in [4.78, 5) is 28.9. The lowest BCUT2D eigenvalue weighted by molar-refractivity contribution is -0.230. The van der Waals surface area contributed by atoms with Crippen LogP contribution in [0.2, 0.25) is 0 Å². The minimum Gasteiger partial charge on any atom is -0.369 e. The number of carbonyl (C=O) groups is 1. The Bertz CT molecular complexity index is 1180. The van der Waals surface area contributed by atoms with Crippen LogP contribution in [0.25, 0.3) is 22.6 Å². The van der Waals surface area contributed by atoms with Crippen LogP contribution in [0.1, 0.15) is 51.1 Å². The summed E-state index contributed by atoms with van der Waals surface area (Å²) in [6.07, 6.45) is 6.76. The highest BCUT2D eigenvalue weighted by molar-refractivity contribution is 5.81. The molecule has 1 aliphatic carbocycles. The molecule has 9 nitrogen and oxygen atoms in total. The van der Waals surface area contributed by atoms with Gasteiger partial charge >= 0.3 is 0 Å². The largest absolute Gasteiger partial charge is 0.369 e. The van der Waals surface area contributed by atoms with Gasteiger partial charge in [0.05, 0.1) is 35.7 Å². The predicted molar refractivity (Wildman–Crippen MR) is 127 cm³/mol. The van der Waals surface area contributed by atoms with Gasteiger partial charge in [-0.15, -0.1) is 0 Å². The van der Waals surface area contributed by atoms with Gasteiger partial charge in [-0.1, -0.05) is 19.3 Å². The molecule has 3 heterocycles. The molecular formula is C25H29FN6O3. The molecule has 1 aliphatic heterocycles. The molecule has 184 valence electrons. The Kier molecular flexibility index (Phi) is 6.48. The first-order valence-electron chi connectivity index (χ1n) is 11.9. The van der Waals surface area contributed by atoms with Crippen molar-refractivity contribution in [1.82, 2.24) is 19.9 Å². The maximum Gasteiger partial charge on any atom is 0.228 e. The molecule has 5 rings (SSSR count). The number of halogens is 1. The number of rotatable bonds is 6. The summed E-state index contributed by atoms with van der Waals surface area (Å²) in [5.41, 5.74) is 7.14. The van der Waals surface area contributed by atoms with Gasteiger partial charge in [-0.3, -0.25) is 4.79 Å². The van der Waals surface area contributed by atoms with Crippen LogP contribution in [-0.4, -0.2) is 45.1 Å². The number of ether oxygens (including phenoxy) is 2. The molecule has 1 saturated carbocycles. The molecule has 35 heavy (non-hydrogen) atoms. The quantitative estimate of drug-likeness (QED) is 0.487. The number of primary amides is 1. The molecule has 2 fully saturated rings. The Balaban J connectivity index is 1.47. The topological polar surface area (TPSA) is 128 Å². The number of imidazole rings is 1. The van der Waals surface area contributed by atoms with Crippen molar-refractivity contribution >= 4 is 11.9 Å². The van der Waals surface area contributed by atoms with Crippen molar-refractivity contribution in [3.63, 3.8) is 0 Å². The van der Waals surface area contributed by atoms with Crippen LogP contribution < -0.4 is 11.1 Å². The maximum atomic E-state index is 13.6. The predicted octanol–water partition coefficient (Wildman–Crippen LogP) is 3.95. The van der Waals surface area contributed by atoms with E-state index < -0.39 is 17.6 Å². The van der Waals surface area contributed by atoms with E-state index in [2.05, 4.69) is 15.3 Å². The van der Waals surface area contributed by atoms with Crippen LogP contribution >= 0.6 is 0 Å². The van der Waals surface area contributed by atoms with Crippen LogP contribution in [0, 0.1) is 11.2 Å². The molecule has 1 saturated heterocycles. The van der Waals surface area contributed by atoms with E-state index in [0.717, 1.165) is 12.8 Å². The zero-order valence-corrected chi connectivity index (χ0v) is 19.6. The molecule has 2 aliphatic rings. The molecule has 0 unspecified atom stereocenters. The number of nitrogens with two attached hydrogens (primary N) is 1. The van der Waals surface area contributed by atoms with Crippen molar-refractivity contribution < 1.29 is 18.7 Å². The fourth-order valence-corrected chi connectivity index (χ4v) is 4.41. The summed E-state index contributed by atoms with van der Waals surface area (Å²) in [5, 5.41) is 3.45. The number of hydrogen-bond acceptors (Lipinski definition) is 7. The number of nitrogens with zero attached hydrogens (tertiary/aromatic N) is 3. The van der Waals surface area contributed by atoms with E-state index in [1.165, 1.54) is 31.4 Å². The molecule has 10 heteroatoms. The van der Waals surface area contributed by atoms with Gasteiger partial charge in [0, 0.05) is 17.8 Å². The monoisotopic (exact) mass is 480 g/mol. The van der Waals surface area contributed by atoms with Gasteiger partial charge in [0.2, 0.25) is 18.1 Å². The Morgan fingerprint density at radius 3 is 2.51 bits per heavy atom. The Morgan fingerprint density at radius 2 is 1.83 bits per heavy atom. The average Bonchev–Trinajstić information content (AvgIpc) is 3.31. The zero-order chi connectivity index (χ0) is 24.4. The van der Waals surface area contributed by atoms with Crippen molar-refractivity contribution in [2.24, 2.45) is 11.1 Å². The van der Waals surface area contributed by atoms with Crippen LogP contribution in [0.15, 0.2) is 36.5 Å². The number of aromatic amines is 1. The van der Waals surface area contributed by atoms with Crippen molar-refractivity contribution in [1.29, 1.82) is 0 Å². The van der Waals surface area contributed by atoms with Crippen LogP contribution in [0.3, 0.4) is 0 Å². The number of anilines is 1. The fraction of sp³-hybridized carbons (Fsp3) is 0.440. The maximum absolute atomic E-state index is 13.6. The molecular weight excluding hydrogens is 451 g/mol. The summed E-state index contributed by atoms with van der Waals surface area (Å²) in [6.45, 7) is 1.92. The summed E-state index contributed by atoms with van der Waals surface area (Å²) in [5.74, 6) is 0.156. The molecule has 1 aromatic carbocycles. The van der Waals surface area contributed by atoms with E-state index in [-0.39, 0.29) is 19.0 Å². The second-order valence-corrected chi connectivity index (χ2v) is 9.48. The first kappa shape index (κ1) is 23.4.